The standard InChI is InChI=1S/C30H28BrF2N7O5/c1-37-8-7-34-27(37)26-35-23(24(29(43)45-2)25(36-26)19-5-3-16(32)11-21(19)31)15-38-9-10-39-18(13-38)14-40(30(39)44)17-4-6-20(28(41)42)22(33)12-17/h3-8,11-12,18,25H,9-10,13-15H2,1-2H3,(H,35,36)(H,41,42)/t18-,25-/m0/s1. The van der Waals surface area contributed by atoms with Crippen molar-refractivity contribution >= 4 is 45.4 Å². The molecule has 2 atom stereocenters. The first-order chi connectivity index (χ1) is 21.5. The average molecular weight is 684 g/mol. The molecule has 2 fully saturated rings. The van der Waals surface area contributed by atoms with Crippen LogP contribution >= 0.6 is 15.9 Å². The van der Waals surface area contributed by atoms with Gasteiger partial charge in [0, 0.05) is 68.0 Å². The molecule has 4 heterocycles. The molecule has 0 aliphatic carbocycles. The lowest BCUT2D eigenvalue weighted by Crippen LogP contribution is -2.53. The Kier molecular flexibility index (Phi) is 8.14. The number of hydrogen-bond acceptors (Lipinski definition) is 8. The number of anilines is 1. The first-order valence-electron chi connectivity index (χ1n) is 14.0. The zero-order valence-electron chi connectivity index (χ0n) is 24.2. The third-order valence-corrected chi connectivity index (χ3v) is 8.82. The van der Waals surface area contributed by atoms with Crippen LogP contribution in [0.15, 0.2) is 69.5 Å². The summed E-state index contributed by atoms with van der Waals surface area (Å²) in [4.78, 5) is 52.3. The lowest BCUT2D eigenvalue weighted by atomic mass is 9.95. The van der Waals surface area contributed by atoms with Crippen molar-refractivity contribution in [2.45, 2.75) is 12.1 Å². The number of piperazine rings is 1. The number of rotatable bonds is 7. The number of hydrogen-bond donors (Lipinski definition) is 2. The van der Waals surface area contributed by atoms with Crippen LogP contribution in [0.25, 0.3) is 0 Å². The fraction of sp³-hybridized carbons (Fsp3) is 0.300. The highest BCUT2D eigenvalue weighted by Gasteiger charge is 2.42. The van der Waals surface area contributed by atoms with Crippen molar-refractivity contribution in [2.24, 2.45) is 12.0 Å². The molecule has 6 rings (SSSR count). The quantitative estimate of drug-likeness (QED) is 0.363. The van der Waals surface area contributed by atoms with Crippen LogP contribution in [0, 0.1) is 11.6 Å². The molecule has 234 valence electrons. The predicted octanol–water partition coefficient (Wildman–Crippen LogP) is 3.30. The molecule has 0 unspecified atom stereocenters. The Hall–Kier alpha value is -4.63. The molecule has 3 aromatic rings. The molecular formula is C30H28BrF2N7O5. The van der Waals surface area contributed by atoms with Gasteiger partial charge in [-0.2, -0.15) is 0 Å². The summed E-state index contributed by atoms with van der Waals surface area (Å²) in [6.45, 7) is 1.83. The number of nitrogens with one attached hydrogen (secondary N) is 1. The van der Waals surface area contributed by atoms with Crippen molar-refractivity contribution in [3.63, 3.8) is 0 Å². The summed E-state index contributed by atoms with van der Waals surface area (Å²) in [7, 11) is 3.10. The minimum atomic E-state index is -1.39. The van der Waals surface area contributed by atoms with E-state index in [0.717, 1.165) is 12.1 Å². The second kappa shape index (κ2) is 12.0. The van der Waals surface area contributed by atoms with Crippen LogP contribution in [0.1, 0.15) is 27.8 Å². The number of carbonyl (C=O) groups is 3. The Morgan fingerprint density at radius 2 is 1.96 bits per heavy atom. The van der Waals surface area contributed by atoms with E-state index in [1.165, 1.54) is 30.2 Å². The predicted molar refractivity (Wildman–Crippen MR) is 162 cm³/mol. The fourth-order valence-electron chi connectivity index (χ4n) is 5.93. The summed E-state index contributed by atoms with van der Waals surface area (Å²) in [6.07, 6.45) is 3.40. The van der Waals surface area contributed by atoms with Crippen molar-refractivity contribution in [3.05, 3.63) is 93.1 Å². The molecule has 2 amide bonds. The van der Waals surface area contributed by atoms with Crippen LogP contribution in [0.3, 0.4) is 0 Å². The average Bonchev–Trinajstić information content (AvgIpc) is 3.58. The normalized spacial score (nSPS) is 20.2. The molecular weight excluding hydrogens is 656 g/mol. The molecule has 1 aromatic heterocycles. The summed E-state index contributed by atoms with van der Waals surface area (Å²) in [5.74, 6) is -2.41. The maximum Gasteiger partial charge on any atom is 0.338 e. The van der Waals surface area contributed by atoms with Crippen molar-refractivity contribution in [1.82, 2.24) is 24.7 Å². The zero-order valence-corrected chi connectivity index (χ0v) is 25.8. The van der Waals surface area contributed by atoms with Crippen molar-refractivity contribution in [2.75, 3.05) is 44.7 Å². The van der Waals surface area contributed by atoms with Crippen molar-refractivity contribution < 1.29 is 33.0 Å². The first-order valence-corrected chi connectivity index (χ1v) is 14.8. The number of aryl methyl sites for hydroxylation is 1. The van der Waals surface area contributed by atoms with E-state index in [4.69, 9.17) is 14.8 Å². The van der Waals surface area contributed by atoms with Gasteiger partial charge >= 0.3 is 18.0 Å². The molecule has 0 spiro atoms. The number of carboxylic acid groups (broad SMARTS) is 1. The zero-order chi connectivity index (χ0) is 32.0. The molecule has 45 heavy (non-hydrogen) atoms. The lowest BCUT2D eigenvalue weighted by molar-refractivity contribution is -0.136. The van der Waals surface area contributed by atoms with Gasteiger partial charge in [-0.3, -0.25) is 14.8 Å². The highest BCUT2D eigenvalue weighted by atomic mass is 79.9. The lowest BCUT2D eigenvalue weighted by Gasteiger charge is -2.38. The number of carboxylic acids is 1. The second-order valence-electron chi connectivity index (χ2n) is 10.9. The second-order valence-corrected chi connectivity index (χ2v) is 11.7. The maximum absolute atomic E-state index is 14.4. The third kappa shape index (κ3) is 5.68. The number of ether oxygens (including phenoxy) is 1. The molecule has 0 radical (unpaired) electrons. The molecule has 2 aromatic carbocycles. The van der Waals surface area contributed by atoms with Gasteiger partial charge in [-0.05, 0) is 35.9 Å². The van der Waals surface area contributed by atoms with Crippen LogP contribution in [0.2, 0.25) is 0 Å². The topological polar surface area (TPSA) is 133 Å². The largest absolute Gasteiger partial charge is 0.478 e. The maximum atomic E-state index is 14.4. The van der Waals surface area contributed by atoms with E-state index >= 15 is 0 Å². The van der Waals surface area contributed by atoms with E-state index in [1.54, 1.807) is 27.9 Å². The van der Waals surface area contributed by atoms with Gasteiger partial charge in [0.2, 0.25) is 0 Å². The van der Waals surface area contributed by atoms with E-state index in [0.29, 0.717) is 47.0 Å². The minimum Gasteiger partial charge on any atom is -0.478 e. The van der Waals surface area contributed by atoms with E-state index in [2.05, 4.69) is 31.1 Å². The summed E-state index contributed by atoms with van der Waals surface area (Å²) < 4.78 is 35.9. The van der Waals surface area contributed by atoms with Crippen molar-refractivity contribution in [3.8, 4) is 0 Å². The molecule has 2 N–H and O–H groups in total. The van der Waals surface area contributed by atoms with E-state index in [-0.39, 0.29) is 36.4 Å². The van der Waals surface area contributed by atoms with Gasteiger partial charge in [-0.1, -0.05) is 22.0 Å². The Morgan fingerprint density at radius 1 is 1.16 bits per heavy atom. The number of urea groups is 1. The Labute approximate surface area is 264 Å². The highest BCUT2D eigenvalue weighted by Crippen LogP contribution is 2.37. The summed E-state index contributed by atoms with van der Waals surface area (Å²) in [5.41, 5.74) is 1.14. The fourth-order valence-corrected chi connectivity index (χ4v) is 6.49. The van der Waals surface area contributed by atoms with E-state index in [1.807, 2.05) is 7.05 Å². The minimum absolute atomic E-state index is 0.246. The van der Waals surface area contributed by atoms with Crippen molar-refractivity contribution in [1.29, 1.82) is 0 Å². The number of benzene rings is 2. The molecule has 15 heteroatoms. The Bertz CT molecular complexity index is 1780. The summed E-state index contributed by atoms with van der Waals surface area (Å²) in [6, 6.07) is 6.43. The van der Waals surface area contributed by atoms with Crippen LogP contribution < -0.4 is 10.2 Å². The number of amidine groups is 1. The van der Waals surface area contributed by atoms with Gasteiger partial charge in [0.1, 0.15) is 17.7 Å². The Morgan fingerprint density at radius 3 is 2.62 bits per heavy atom. The van der Waals surface area contributed by atoms with Gasteiger partial charge in [0.25, 0.3) is 0 Å². The molecule has 2 saturated heterocycles. The molecule has 0 bridgehead atoms. The molecule has 3 aliphatic heterocycles. The SMILES string of the molecule is COC(=O)C1=C(CN2CCN3C(=O)N(c4ccc(C(=O)O)c(F)c4)C[C@@H]3C2)NC(c2nccn2C)=N[C@H]1c1ccc(F)cc1Br. The number of methoxy groups -OCH3 is 1. The number of esters is 1. The number of amides is 2. The van der Waals surface area contributed by atoms with Gasteiger partial charge in [-0.15, -0.1) is 0 Å². The van der Waals surface area contributed by atoms with Gasteiger partial charge < -0.3 is 24.6 Å². The van der Waals surface area contributed by atoms with Crippen LogP contribution in [0.5, 0.6) is 0 Å². The van der Waals surface area contributed by atoms with Gasteiger partial charge in [-0.25, -0.2) is 28.1 Å². The van der Waals surface area contributed by atoms with E-state index < -0.39 is 35.2 Å². The Balaban J connectivity index is 1.30. The smallest absolute Gasteiger partial charge is 0.338 e. The molecule has 0 saturated carbocycles. The molecule has 3 aliphatic rings. The number of halogens is 3. The summed E-state index contributed by atoms with van der Waals surface area (Å²) in [5, 5.41) is 12.5. The highest BCUT2D eigenvalue weighted by molar-refractivity contribution is 9.10. The van der Waals surface area contributed by atoms with Gasteiger partial charge in [0.05, 0.1) is 24.3 Å². The number of imidazole rings is 1. The first kappa shape index (κ1) is 30.4. The number of aliphatic imine (C=N–C) groups is 1. The number of aromatic nitrogens is 2. The van der Waals surface area contributed by atoms with Crippen LogP contribution in [0.4, 0.5) is 19.3 Å². The van der Waals surface area contributed by atoms with Gasteiger partial charge in [0.15, 0.2) is 11.7 Å². The summed E-state index contributed by atoms with van der Waals surface area (Å²) >= 11 is 3.43. The number of fused-ring (bicyclic) bond motifs is 1. The number of aromatic carboxylic acids is 1. The monoisotopic (exact) mass is 683 g/mol. The number of carbonyl (C=O) groups excluding carboxylic acids is 2. The van der Waals surface area contributed by atoms with E-state index in [9.17, 15) is 23.2 Å². The number of nitrogens with zero attached hydrogens (tertiary/aromatic N) is 6. The van der Waals surface area contributed by atoms with Crippen LogP contribution in [-0.4, -0.2) is 94.1 Å². The third-order valence-electron chi connectivity index (χ3n) is 8.13. The van der Waals surface area contributed by atoms with Crippen LogP contribution in [-0.2, 0) is 16.6 Å². The molecule has 12 nitrogen and oxygen atoms in total.